The molecule has 1 aromatic carbocycles. The fourth-order valence-corrected chi connectivity index (χ4v) is 1.65. The van der Waals surface area contributed by atoms with E-state index in [1.165, 1.54) is 0 Å². The maximum Gasteiger partial charge on any atom is 0.247 e. The van der Waals surface area contributed by atoms with Crippen molar-refractivity contribution < 1.29 is 13.2 Å². The van der Waals surface area contributed by atoms with E-state index in [1.54, 1.807) is 0 Å². The van der Waals surface area contributed by atoms with E-state index in [9.17, 15) is 8.78 Å². The molecule has 2 aromatic rings. The van der Waals surface area contributed by atoms with Gasteiger partial charge in [0.2, 0.25) is 11.8 Å². The highest BCUT2D eigenvalue weighted by Gasteiger charge is 2.10. The summed E-state index contributed by atoms with van der Waals surface area (Å²) < 4.78 is 31.5. The number of nitrogens with zero attached hydrogens (tertiary/aromatic N) is 2. The molecule has 0 bridgehead atoms. The topological polar surface area (TPSA) is 51.0 Å². The number of benzene rings is 1. The number of aromatic nitrogens is 2. The molecule has 0 spiro atoms. The lowest BCUT2D eigenvalue weighted by molar-refractivity contribution is 0.493. The summed E-state index contributed by atoms with van der Waals surface area (Å²) >= 11 is 0. The van der Waals surface area contributed by atoms with Crippen LogP contribution in [0.1, 0.15) is 19.2 Å². The van der Waals surface area contributed by atoms with Crippen LogP contribution in [0.3, 0.4) is 0 Å². The van der Waals surface area contributed by atoms with Crippen LogP contribution in [0.25, 0.3) is 11.5 Å². The molecule has 19 heavy (non-hydrogen) atoms. The van der Waals surface area contributed by atoms with E-state index in [0.717, 1.165) is 37.7 Å². The third-order valence-electron chi connectivity index (χ3n) is 2.52. The highest BCUT2D eigenvalue weighted by atomic mass is 19.1. The van der Waals surface area contributed by atoms with Crippen molar-refractivity contribution in [1.29, 1.82) is 0 Å². The average molecular weight is 267 g/mol. The Balaban J connectivity index is 2.03. The predicted octanol–water partition coefficient (Wildman–Crippen LogP) is 2.56. The highest BCUT2D eigenvalue weighted by Crippen LogP contribution is 2.20. The fourth-order valence-electron chi connectivity index (χ4n) is 1.65. The van der Waals surface area contributed by atoms with Crippen molar-refractivity contribution in [3.8, 4) is 11.5 Å². The molecule has 0 aliphatic carbocycles. The van der Waals surface area contributed by atoms with Crippen molar-refractivity contribution in [2.24, 2.45) is 0 Å². The maximum atomic E-state index is 13.1. The quantitative estimate of drug-likeness (QED) is 0.817. The van der Waals surface area contributed by atoms with Gasteiger partial charge in [-0.05, 0) is 25.1 Å². The first-order valence-electron chi connectivity index (χ1n) is 6.18. The molecule has 0 atom stereocenters. The molecule has 4 nitrogen and oxygen atoms in total. The second-order valence-electron chi connectivity index (χ2n) is 4.16. The molecular weight excluding hydrogens is 252 g/mol. The van der Waals surface area contributed by atoms with Gasteiger partial charge in [0.1, 0.15) is 11.6 Å². The van der Waals surface area contributed by atoms with Gasteiger partial charge in [0.25, 0.3) is 0 Å². The van der Waals surface area contributed by atoms with E-state index >= 15 is 0 Å². The summed E-state index contributed by atoms with van der Waals surface area (Å²) in [6, 6.07) is 3.13. The van der Waals surface area contributed by atoms with Crippen molar-refractivity contribution in [1.82, 2.24) is 15.5 Å². The van der Waals surface area contributed by atoms with Crippen molar-refractivity contribution in [2.45, 2.75) is 19.8 Å². The number of nitrogens with one attached hydrogen (secondary N) is 1. The first kappa shape index (κ1) is 13.6. The van der Waals surface area contributed by atoms with Gasteiger partial charge in [-0.1, -0.05) is 6.92 Å². The molecule has 6 heteroatoms. The molecule has 0 aliphatic heterocycles. The Morgan fingerprint density at radius 2 is 1.84 bits per heavy atom. The van der Waals surface area contributed by atoms with E-state index in [2.05, 4.69) is 22.4 Å². The zero-order valence-corrected chi connectivity index (χ0v) is 10.6. The first-order chi connectivity index (χ1) is 9.19. The first-order valence-corrected chi connectivity index (χ1v) is 6.18. The maximum absolute atomic E-state index is 13.1. The Labute approximate surface area is 109 Å². The van der Waals surface area contributed by atoms with E-state index in [-0.39, 0.29) is 11.5 Å². The van der Waals surface area contributed by atoms with Crippen LogP contribution in [0.5, 0.6) is 0 Å². The molecule has 1 heterocycles. The zero-order chi connectivity index (χ0) is 13.7. The molecule has 102 valence electrons. The van der Waals surface area contributed by atoms with Crippen LogP contribution in [0.4, 0.5) is 8.78 Å². The fraction of sp³-hybridized carbons (Fsp3) is 0.385. The molecule has 0 aliphatic rings. The van der Waals surface area contributed by atoms with Gasteiger partial charge in [-0.3, -0.25) is 0 Å². The van der Waals surface area contributed by atoms with Crippen molar-refractivity contribution >= 4 is 0 Å². The Morgan fingerprint density at radius 3 is 2.53 bits per heavy atom. The summed E-state index contributed by atoms with van der Waals surface area (Å²) in [7, 11) is 0. The zero-order valence-electron chi connectivity index (χ0n) is 10.6. The lowest BCUT2D eigenvalue weighted by Crippen LogP contribution is -2.17. The third kappa shape index (κ3) is 3.82. The van der Waals surface area contributed by atoms with Crippen molar-refractivity contribution in [2.75, 3.05) is 13.1 Å². The molecule has 0 saturated heterocycles. The molecule has 1 N–H and O–H groups in total. The van der Waals surface area contributed by atoms with Crippen LogP contribution in [-0.4, -0.2) is 23.3 Å². The Bertz CT molecular complexity index is 522. The van der Waals surface area contributed by atoms with Gasteiger partial charge in [0.05, 0.1) is 0 Å². The normalized spacial score (nSPS) is 10.9. The Hall–Kier alpha value is -1.82. The van der Waals surface area contributed by atoms with Gasteiger partial charge in [-0.2, -0.15) is 0 Å². The monoisotopic (exact) mass is 267 g/mol. The van der Waals surface area contributed by atoms with Crippen LogP contribution in [0, 0.1) is 11.6 Å². The second-order valence-corrected chi connectivity index (χ2v) is 4.16. The Kier molecular flexibility index (Phi) is 4.57. The van der Waals surface area contributed by atoms with Crippen LogP contribution >= 0.6 is 0 Å². The van der Waals surface area contributed by atoms with Crippen LogP contribution in [0.15, 0.2) is 22.6 Å². The SMILES string of the molecule is CCCNCCc1nnc(-c2cc(F)cc(F)c2)o1. The van der Waals surface area contributed by atoms with E-state index in [0.29, 0.717) is 12.3 Å². The summed E-state index contributed by atoms with van der Waals surface area (Å²) in [6.45, 7) is 3.74. The average Bonchev–Trinajstić information content (AvgIpc) is 2.82. The lowest BCUT2D eigenvalue weighted by Gasteiger charge is -1.99. The summed E-state index contributed by atoms with van der Waals surface area (Å²) in [5.41, 5.74) is 0.248. The summed E-state index contributed by atoms with van der Waals surface area (Å²) in [5.74, 6) is -0.758. The molecule has 0 unspecified atom stereocenters. The second kappa shape index (κ2) is 6.38. The molecule has 0 radical (unpaired) electrons. The van der Waals surface area contributed by atoms with Crippen molar-refractivity contribution in [3.63, 3.8) is 0 Å². The number of hydrogen-bond donors (Lipinski definition) is 1. The van der Waals surface area contributed by atoms with Gasteiger partial charge in [-0.25, -0.2) is 8.78 Å². The largest absolute Gasteiger partial charge is 0.421 e. The lowest BCUT2D eigenvalue weighted by atomic mass is 10.2. The Morgan fingerprint density at radius 1 is 1.11 bits per heavy atom. The van der Waals surface area contributed by atoms with Gasteiger partial charge in [0.15, 0.2) is 0 Å². The molecule has 0 saturated carbocycles. The molecule has 1 aromatic heterocycles. The highest BCUT2D eigenvalue weighted by molar-refractivity contribution is 5.52. The summed E-state index contributed by atoms with van der Waals surface area (Å²) in [4.78, 5) is 0. The molecule has 0 fully saturated rings. The molecule has 2 rings (SSSR count). The molecule has 0 amide bonds. The number of halogens is 2. The minimum Gasteiger partial charge on any atom is -0.421 e. The molecular formula is C13H15F2N3O. The number of hydrogen-bond acceptors (Lipinski definition) is 4. The van der Waals surface area contributed by atoms with Gasteiger partial charge in [-0.15, -0.1) is 10.2 Å². The van der Waals surface area contributed by atoms with E-state index in [4.69, 9.17) is 4.42 Å². The van der Waals surface area contributed by atoms with Crippen LogP contribution in [0.2, 0.25) is 0 Å². The standard InChI is InChI=1S/C13H15F2N3O/c1-2-4-16-5-3-12-17-18-13(19-12)9-6-10(14)8-11(15)7-9/h6-8,16H,2-5H2,1H3. The van der Waals surface area contributed by atoms with Gasteiger partial charge >= 0.3 is 0 Å². The smallest absolute Gasteiger partial charge is 0.247 e. The van der Waals surface area contributed by atoms with Gasteiger partial charge < -0.3 is 9.73 Å². The van der Waals surface area contributed by atoms with Crippen LogP contribution in [-0.2, 0) is 6.42 Å². The van der Waals surface area contributed by atoms with E-state index < -0.39 is 11.6 Å². The van der Waals surface area contributed by atoms with Crippen molar-refractivity contribution in [3.05, 3.63) is 35.7 Å². The number of rotatable bonds is 6. The minimum atomic E-state index is -0.667. The summed E-state index contributed by atoms with van der Waals surface area (Å²) in [6.07, 6.45) is 1.64. The predicted molar refractivity (Wildman–Crippen MR) is 66.5 cm³/mol. The van der Waals surface area contributed by atoms with Gasteiger partial charge in [0, 0.05) is 24.6 Å². The van der Waals surface area contributed by atoms with E-state index in [1.807, 2.05) is 0 Å². The van der Waals surface area contributed by atoms with Crippen LogP contribution < -0.4 is 5.32 Å². The minimum absolute atomic E-state index is 0.129. The summed E-state index contributed by atoms with van der Waals surface area (Å²) in [5, 5.41) is 10.8. The third-order valence-corrected chi connectivity index (χ3v) is 2.52.